The first-order valence-corrected chi connectivity index (χ1v) is 11.3. The second-order valence-corrected chi connectivity index (χ2v) is 8.36. The second kappa shape index (κ2) is 8.94. The number of fused-ring (bicyclic) bond motifs is 1. The van der Waals surface area contributed by atoms with Crippen molar-refractivity contribution in [3.8, 4) is 17.0 Å². The Morgan fingerprint density at radius 3 is 2.75 bits per heavy atom. The largest absolute Gasteiger partial charge is 0.491 e. The van der Waals surface area contributed by atoms with Crippen LogP contribution < -0.4 is 10.1 Å². The van der Waals surface area contributed by atoms with Crippen LogP contribution >= 0.6 is 22.9 Å². The summed E-state index contributed by atoms with van der Waals surface area (Å²) in [6.45, 7) is 0.478. The van der Waals surface area contributed by atoms with Crippen molar-refractivity contribution in [1.29, 1.82) is 0 Å². The number of aryl methyl sites for hydroxylation is 1. The van der Waals surface area contributed by atoms with Gasteiger partial charge in [-0.1, -0.05) is 17.7 Å². The van der Waals surface area contributed by atoms with Crippen molar-refractivity contribution in [2.75, 3.05) is 11.9 Å². The lowest BCUT2D eigenvalue weighted by atomic mass is 10.1. The SMILES string of the molecule is Cn1nc(Nc2nccs2)c2cc(-c3ncccc3Cl)cc(OCCc3ccccn3)c21. The Kier molecular flexibility index (Phi) is 5.70. The fourth-order valence-corrected chi connectivity index (χ4v) is 4.27. The normalized spacial score (nSPS) is 11.1. The summed E-state index contributed by atoms with van der Waals surface area (Å²) in [4.78, 5) is 13.2. The number of halogens is 1. The number of pyridine rings is 2. The van der Waals surface area contributed by atoms with E-state index in [0.29, 0.717) is 35.3 Å². The van der Waals surface area contributed by atoms with Crippen molar-refractivity contribution in [3.05, 3.63) is 77.2 Å². The van der Waals surface area contributed by atoms with Gasteiger partial charge in [0, 0.05) is 54.1 Å². The van der Waals surface area contributed by atoms with Crippen LogP contribution in [0, 0.1) is 0 Å². The fourth-order valence-electron chi connectivity index (χ4n) is 3.51. The highest BCUT2D eigenvalue weighted by molar-refractivity contribution is 7.13. The number of rotatable bonds is 7. The summed E-state index contributed by atoms with van der Waals surface area (Å²) in [6.07, 6.45) is 5.96. The topological polar surface area (TPSA) is 77.8 Å². The molecule has 0 atom stereocenters. The van der Waals surface area contributed by atoms with Gasteiger partial charge in [0.1, 0.15) is 11.3 Å². The maximum absolute atomic E-state index is 6.45. The second-order valence-electron chi connectivity index (χ2n) is 7.06. The Balaban J connectivity index is 1.57. The van der Waals surface area contributed by atoms with Crippen molar-refractivity contribution in [2.45, 2.75) is 6.42 Å². The molecule has 7 nitrogen and oxygen atoms in total. The lowest BCUT2D eigenvalue weighted by molar-refractivity contribution is 0.323. The highest BCUT2D eigenvalue weighted by atomic mass is 35.5. The van der Waals surface area contributed by atoms with Crippen LogP contribution in [0.5, 0.6) is 5.75 Å². The van der Waals surface area contributed by atoms with Crippen LogP contribution in [-0.2, 0) is 13.5 Å². The summed E-state index contributed by atoms with van der Waals surface area (Å²) >= 11 is 7.96. The smallest absolute Gasteiger partial charge is 0.188 e. The molecule has 0 amide bonds. The third kappa shape index (κ3) is 4.15. The van der Waals surface area contributed by atoms with E-state index >= 15 is 0 Å². The minimum Gasteiger partial charge on any atom is -0.491 e. The number of anilines is 2. The van der Waals surface area contributed by atoms with Crippen LogP contribution in [0.25, 0.3) is 22.2 Å². The summed E-state index contributed by atoms with van der Waals surface area (Å²) in [5.74, 6) is 1.40. The van der Waals surface area contributed by atoms with Crippen molar-refractivity contribution in [1.82, 2.24) is 24.7 Å². The van der Waals surface area contributed by atoms with Crippen molar-refractivity contribution in [2.24, 2.45) is 7.05 Å². The molecule has 0 fully saturated rings. The first-order valence-electron chi connectivity index (χ1n) is 10.00. The highest BCUT2D eigenvalue weighted by Crippen LogP contribution is 2.38. The molecule has 32 heavy (non-hydrogen) atoms. The van der Waals surface area contributed by atoms with Crippen molar-refractivity contribution in [3.63, 3.8) is 0 Å². The zero-order valence-corrected chi connectivity index (χ0v) is 18.8. The average Bonchev–Trinajstić information content (AvgIpc) is 3.43. The van der Waals surface area contributed by atoms with Gasteiger partial charge in [0.05, 0.1) is 17.3 Å². The molecule has 9 heteroatoms. The quantitative estimate of drug-likeness (QED) is 0.344. The molecule has 0 aliphatic rings. The number of ether oxygens (including phenoxy) is 1. The molecule has 0 spiro atoms. The van der Waals surface area contributed by atoms with Gasteiger partial charge in [-0.2, -0.15) is 5.10 Å². The molecule has 0 radical (unpaired) electrons. The van der Waals surface area contributed by atoms with Crippen LogP contribution in [0.1, 0.15) is 5.69 Å². The average molecular weight is 463 g/mol. The van der Waals surface area contributed by atoms with Crippen LogP contribution in [0.4, 0.5) is 10.9 Å². The molecule has 0 aliphatic heterocycles. The fraction of sp³-hybridized carbons (Fsp3) is 0.130. The van der Waals surface area contributed by atoms with E-state index in [1.807, 2.05) is 59.6 Å². The van der Waals surface area contributed by atoms with Crippen molar-refractivity contribution >= 4 is 44.8 Å². The van der Waals surface area contributed by atoms with Gasteiger partial charge in [0.25, 0.3) is 0 Å². The molecular weight excluding hydrogens is 444 g/mol. The Labute approximate surface area is 193 Å². The molecule has 5 rings (SSSR count). The molecule has 0 saturated heterocycles. The molecule has 0 saturated carbocycles. The van der Waals surface area contributed by atoms with E-state index in [0.717, 1.165) is 27.3 Å². The predicted molar refractivity (Wildman–Crippen MR) is 128 cm³/mol. The molecule has 0 aliphatic carbocycles. The van der Waals surface area contributed by atoms with Gasteiger partial charge in [-0.15, -0.1) is 11.3 Å². The molecule has 4 heterocycles. The zero-order chi connectivity index (χ0) is 21.9. The van der Waals surface area contributed by atoms with Gasteiger partial charge in [0.2, 0.25) is 0 Å². The van der Waals surface area contributed by atoms with Gasteiger partial charge in [0.15, 0.2) is 10.9 Å². The van der Waals surface area contributed by atoms with E-state index in [2.05, 4.69) is 25.4 Å². The number of thiazole rings is 1. The highest BCUT2D eigenvalue weighted by Gasteiger charge is 2.18. The standard InChI is InChI=1S/C23H19ClN6OS/c1-30-21-17(22(29-30)28-23-27-10-12-32-23)13-15(20-18(24)6-4-9-26-20)14-19(21)31-11-7-16-5-2-3-8-25-16/h2-6,8-10,12-14H,7,11H2,1H3,(H,27,28,29). The van der Waals surface area contributed by atoms with Crippen LogP contribution in [-0.4, -0.2) is 31.3 Å². The first-order chi connectivity index (χ1) is 15.7. The van der Waals surface area contributed by atoms with E-state index in [9.17, 15) is 0 Å². The Morgan fingerprint density at radius 1 is 1.06 bits per heavy atom. The molecule has 1 N–H and O–H groups in total. The minimum absolute atomic E-state index is 0.478. The lowest BCUT2D eigenvalue weighted by Gasteiger charge is -2.12. The van der Waals surface area contributed by atoms with E-state index in [1.54, 1.807) is 18.6 Å². The van der Waals surface area contributed by atoms with E-state index < -0.39 is 0 Å². The summed E-state index contributed by atoms with van der Waals surface area (Å²) in [5, 5.41) is 12.1. The van der Waals surface area contributed by atoms with Crippen LogP contribution in [0.3, 0.4) is 0 Å². The first kappa shape index (κ1) is 20.4. The molecule has 0 bridgehead atoms. The van der Waals surface area contributed by atoms with Gasteiger partial charge in [-0.3, -0.25) is 14.6 Å². The van der Waals surface area contributed by atoms with Gasteiger partial charge in [-0.05, 0) is 36.4 Å². The number of aromatic nitrogens is 5. The molecule has 5 aromatic rings. The molecule has 4 aromatic heterocycles. The summed E-state index contributed by atoms with van der Waals surface area (Å²) in [7, 11) is 1.90. The lowest BCUT2D eigenvalue weighted by Crippen LogP contribution is -2.04. The maximum atomic E-state index is 6.45. The van der Waals surface area contributed by atoms with Gasteiger partial charge >= 0.3 is 0 Å². The predicted octanol–water partition coefficient (Wildman–Crippen LogP) is 5.51. The summed E-state index contributed by atoms with van der Waals surface area (Å²) in [5.41, 5.74) is 3.39. The van der Waals surface area contributed by atoms with E-state index in [-0.39, 0.29) is 0 Å². The van der Waals surface area contributed by atoms with Crippen LogP contribution in [0.15, 0.2) is 66.4 Å². The van der Waals surface area contributed by atoms with Gasteiger partial charge < -0.3 is 10.1 Å². The third-order valence-corrected chi connectivity index (χ3v) is 5.93. The minimum atomic E-state index is 0.478. The molecule has 1 aromatic carbocycles. The Bertz CT molecular complexity index is 1350. The van der Waals surface area contributed by atoms with E-state index in [1.165, 1.54) is 11.3 Å². The zero-order valence-electron chi connectivity index (χ0n) is 17.2. The molecule has 0 unspecified atom stereocenters. The number of nitrogens with zero attached hydrogens (tertiary/aromatic N) is 5. The summed E-state index contributed by atoms with van der Waals surface area (Å²) < 4.78 is 8.05. The number of benzene rings is 1. The number of hydrogen-bond donors (Lipinski definition) is 1. The monoisotopic (exact) mass is 462 g/mol. The maximum Gasteiger partial charge on any atom is 0.188 e. The van der Waals surface area contributed by atoms with Crippen LogP contribution in [0.2, 0.25) is 5.02 Å². The Hall–Kier alpha value is -3.49. The van der Waals surface area contributed by atoms with E-state index in [4.69, 9.17) is 16.3 Å². The summed E-state index contributed by atoms with van der Waals surface area (Å²) in [6, 6.07) is 13.5. The number of hydrogen-bond acceptors (Lipinski definition) is 7. The van der Waals surface area contributed by atoms with Gasteiger partial charge in [-0.25, -0.2) is 4.98 Å². The molecular formula is C23H19ClN6OS. The Morgan fingerprint density at radius 2 is 1.97 bits per heavy atom. The van der Waals surface area contributed by atoms with Crippen molar-refractivity contribution < 1.29 is 4.74 Å². The number of nitrogens with one attached hydrogen (secondary N) is 1. The molecule has 160 valence electrons. The third-order valence-electron chi connectivity index (χ3n) is 4.94.